The highest BCUT2D eigenvalue weighted by molar-refractivity contribution is 6.19. The van der Waals surface area contributed by atoms with Crippen LogP contribution >= 0.6 is 11.6 Å². The first-order valence-electron chi connectivity index (χ1n) is 4.59. The second-order valence-electron chi connectivity index (χ2n) is 3.27. The van der Waals surface area contributed by atoms with E-state index < -0.39 is 29.7 Å². The molecule has 1 aliphatic heterocycles. The van der Waals surface area contributed by atoms with Crippen molar-refractivity contribution < 1.29 is 23.8 Å². The van der Waals surface area contributed by atoms with Crippen LogP contribution in [0.3, 0.4) is 0 Å². The Morgan fingerprint density at radius 1 is 1.40 bits per heavy atom. The van der Waals surface area contributed by atoms with E-state index in [1.54, 1.807) is 0 Å². The maximum atomic E-state index is 10.8. The quantitative estimate of drug-likeness (QED) is 0.537. The highest BCUT2D eigenvalue weighted by atomic mass is 35.5. The molecule has 3 atom stereocenters. The van der Waals surface area contributed by atoms with Gasteiger partial charge < -0.3 is 14.2 Å². The predicted molar refractivity (Wildman–Crippen MR) is 51.3 cm³/mol. The molecule has 0 radical (unpaired) electrons. The lowest BCUT2D eigenvalue weighted by Crippen LogP contribution is -2.31. The van der Waals surface area contributed by atoms with Crippen molar-refractivity contribution in [2.24, 2.45) is 0 Å². The van der Waals surface area contributed by atoms with Gasteiger partial charge in [0.05, 0.1) is 0 Å². The fraction of sp³-hybridized carbons (Fsp3) is 0.778. The summed E-state index contributed by atoms with van der Waals surface area (Å²) in [5.74, 6) is -0.805. The van der Waals surface area contributed by atoms with E-state index in [9.17, 15) is 9.59 Å². The van der Waals surface area contributed by atoms with Crippen LogP contribution in [-0.2, 0) is 23.8 Å². The van der Waals surface area contributed by atoms with Crippen molar-refractivity contribution >= 4 is 23.5 Å². The molecule has 15 heavy (non-hydrogen) atoms. The number of esters is 2. The van der Waals surface area contributed by atoms with E-state index in [0.29, 0.717) is 6.42 Å². The van der Waals surface area contributed by atoms with Crippen LogP contribution in [0.4, 0.5) is 0 Å². The maximum Gasteiger partial charge on any atom is 0.302 e. The molecule has 1 rings (SSSR count). The van der Waals surface area contributed by atoms with Crippen molar-refractivity contribution in [3.8, 4) is 0 Å². The van der Waals surface area contributed by atoms with Crippen molar-refractivity contribution in [1.82, 2.24) is 0 Å². The second-order valence-corrected chi connectivity index (χ2v) is 3.76. The summed E-state index contributed by atoms with van der Waals surface area (Å²) in [7, 11) is 0. The van der Waals surface area contributed by atoms with Gasteiger partial charge in [-0.2, -0.15) is 0 Å². The van der Waals surface area contributed by atoms with Gasteiger partial charge in [-0.05, 0) is 0 Å². The van der Waals surface area contributed by atoms with E-state index in [2.05, 4.69) is 0 Å². The van der Waals surface area contributed by atoms with Crippen molar-refractivity contribution in [3.05, 3.63) is 0 Å². The SMILES string of the molecule is CC(=O)OC[C@H]1OC(Cl)C[C@H]1OC(C)=O. The molecule has 0 N–H and O–H groups in total. The summed E-state index contributed by atoms with van der Waals surface area (Å²) >= 11 is 5.75. The van der Waals surface area contributed by atoms with Gasteiger partial charge in [0.25, 0.3) is 0 Å². The summed E-state index contributed by atoms with van der Waals surface area (Å²) in [6.45, 7) is 2.66. The molecule has 0 spiro atoms. The van der Waals surface area contributed by atoms with Crippen LogP contribution in [0.1, 0.15) is 20.3 Å². The van der Waals surface area contributed by atoms with Gasteiger partial charge in [-0.1, -0.05) is 11.6 Å². The van der Waals surface area contributed by atoms with E-state index in [1.807, 2.05) is 0 Å². The Kier molecular flexibility index (Phi) is 4.35. The van der Waals surface area contributed by atoms with Gasteiger partial charge in [-0.15, -0.1) is 0 Å². The largest absolute Gasteiger partial charge is 0.463 e. The number of halogens is 1. The Balaban J connectivity index is 2.45. The van der Waals surface area contributed by atoms with Crippen molar-refractivity contribution in [2.45, 2.75) is 38.0 Å². The molecule has 0 bridgehead atoms. The monoisotopic (exact) mass is 236 g/mol. The minimum absolute atomic E-state index is 0.0521. The molecule has 0 aromatic carbocycles. The van der Waals surface area contributed by atoms with Crippen LogP contribution in [0.2, 0.25) is 0 Å². The zero-order valence-electron chi connectivity index (χ0n) is 8.57. The third kappa shape index (κ3) is 4.05. The number of carbonyl (C=O) groups is 2. The Bertz CT molecular complexity index is 255. The number of ether oxygens (including phenoxy) is 3. The Labute approximate surface area is 92.6 Å². The number of alkyl halides is 1. The molecule has 0 aliphatic carbocycles. The molecule has 0 amide bonds. The van der Waals surface area contributed by atoms with Gasteiger partial charge in [0.15, 0.2) is 0 Å². The molecule has 1 fully saturated rings. The van der Waals surface area contributed by atoms with Crippen LogP contribution in [-0.4, -0.2) is 36.3 Å². The summed E-state index contributed by atoms with van der Waals surface area (Å²) in [5.41, 5.74) is -0.505. The van der Waals surface area contributed by atoms with Crippen LogP contribution in [0.25, 0.3) is 0 Å². The maximum absolute atomic E-state index is 10.8. The van der Waals surface area contributed by atoms with Crippen molar-refractivity contribution in [1.29, 1.82) is 0 Å². The lowest BCUT2D eigenvalue weighted by molar-refractivity contribution is -0.154. The van der Waals surface area contributed by atoms with E-state index in [1.165, 1.54) is 13.8 Å². The third-order valence-electron chi connectivity index (χ3n) is 1.92. The zero-order valence-corrected chi connectivity index (χ0v) is 9.32. The predicted octanol–water partition coefficient (Wildman–Crippen LogP) is 0.835. The van der Waals surface area contributed by atoms with E-state index in [4.69, 9.17) is 25.8 Å². The fourth-order valence-electron chi connectivity index (χ4n) is 1.35. The summed E-state index contributed by atoms with van der Waals surface area (Å²) in [5, 5.41) is 0. The summed E-state index contributed by atoms with van der Waals surface area (Å²) < 4.78 is 15.0. The minimum atomic E-state index is -0.505. The minimum Gasteiger partial charge on any atom is -0.463 e. The summed E-state index contributed by atoms with van der Waals surface area (Å²) in [4.78, 5) is 21.4. The van der Waals surface area contributed by atoms with Crippen LogP contribution in [0.15, 0.2) is 0 Å². The van der Waals surface area contributed by atoms with Gasteiger partial charge >= 0.3 is 11.9 Å². The topological polar surface area (TPSA) is 61.8 Å². The molecule has 0 saturated carbocycles. The number of carbonyl (C=O) groups excluding carboxylic acids is 2. The van der Waals surface area contributed by atoms with Gasteiger partial charge in [0.1, 0.15) is 24.4 Å². The van der Waals surface area contributed by atoms with Crippen LogP contribution < -0.4 is 0 Å². The molecule has 0 aromatic heterocycles. The highest BCUT2D eigenvalue weighted by Crippen LogP contribution is 2.26. The molecular formula is C9H13ClO5. The number of hydrogen-bond acceptors (Lipinski definition) is 5. The fourth-order valence-corrected chi connectivity index (χ4v) is 1.66. The standard InChI is InChI=1S/C9H13ClO5/c1-5(11)13-4-8-7(14-6(2)12)3-9(10)15-8/h7-9H,3-4H2,1-2H3/t7-,8-,9?/m1/s1. The molecule has 6 heteroatoms. The first-order chi connectivity index (χ1) is 6.99. The van der Waals surface area contributed by atoms with E-state index in [-0.39, 0.29) is 6.61 Å². The Morgan fingerprint density at radius 3 is 2.60 bits per heavy atom. The molecule has 1 saturated heterocycles. The van der Waals surface area contributed by atoms with E-state index in [0.717, 1.165) is 0 Å². The smallest absolute Gasteiger partial charge is 0.302 e. The summed E-state index contributed by atoms with van der Waals surface area (Å²) in [6.07, 6.45) is -0.503. The molecule has 5 nitrogen and oxygen atoms in total. The van der Waals surface area contributed by atoms with Crippen LogP contribution in [0.5, 0.6) is 0 Å². The lowest BCUT2D eigenvalue weighted by atomic mass is 10.2. The van der Waals surface area contributed by atoms with Gasteiger partial charge in [-0.3, -0.25) is 9.59 Å². The van der Waals surface area contributed by atoms with Gasteiger partial charge in [0, 0.05) is 20.3 Å². The van der Waals surface area contributed by atoms with Crippen LogP contribution in [0, 0.1) is 0 Å². The first-order valence-corrected chi connectivity index (χ1v) is 5.03. The molecule has 86 valence electrons. The zero-order chi connectivity index (χ0) is 11.4. The highest BCUT2D eigenvalue weighted by Gasteiger charge is 2.37. The van der Waals surface area contributed by atoms with Gasteiger partial charge in [-0.25, -0.2) is 0 Å². The molecular weight excluding hydrogens is 224 g/mol. The lowest BCUT2D eigenvalue weighted by Gasteiger charge is -2.17. The summed E-state index contributed by atoms with van der Waals surface area (Å²) in [6, 6.07) is 0. The molecule has 1 aliphatic rings. The van der Waals surface area contributed by atoms with Crippen molar-refractivity contribution in [2.75, 3.05) is 6.61 Å². The average molecular weight is 237 g/mol. The number of hydrogen-bond donors (Lipinski definition) is 0. The molecule has 1 unspecified atom stereocenters. The normalized spacial score (nSPS) is 29.9. The van der Waals surface area contributed by atoms with E-state index >= 15 is 0 Å². The molecule has 0 aromatic rings. The Hall–Kier alpha value is -0.810. The van der Waals surface area contributed by atoms with Gasteiger partial charge in [0.2, 0.25) is 0 Å². The first kappa shape index (κ1) is 12.3. The Morgan fingerprint density at radius 2 is 2.07 bits per heavy atom. The van der Waals surface area contributed by atoms with Crippen molar-refractivity contribution in [3.63, 3.8) is 0 Å². The molecule has 1 heterocycles. The third-order valence-corrected chi connectivity index (χ3v) is 2.20. The second kappa shape index (κ2) is 5.32. The average Bonchev–Trinajstić information content (AvgIpc) is 2.41. The number of rotatable bonds is 3.